The van der Waals surface area contributed by atoms with Crippen molar-refractivity contribution >= 4 is 5.91 Å². The summed E-state index contributed by atoms with van der Waals surface area (Å²) >= 11 is 0. The number of amides is 1. The molecule has 0 aliphatic carbocycles. The Kier molecular flexibility index (Phi) is 6.50. The molecule has 0 bridgehead atoms. The largest absolute Gasteiger partial charge is 0.389 e. The van der Waals surface area contributed by atoms with Crippen LogP contribution < -0.4 is 5.32 Å². The molecular formula is C17H25FN2O3. The molecule has 0 saturated carbocycles. The molecule has 2 atom stereocenters. The van der Waals surface area contributed by atoms with Crippen LogP contribution in [0.15, 0.2) is 24.3 Å². The lowest BCUT2D eigenvalue weighted by molar-refractivity contribution is -0.122. The van der Waals surface area contributed by atoms with Gasteiger partial charge in [0.1, 0.15) is 5.82 Å². The molecule has 128 valence electrons. The zero-order valence-electron chi connectivity index (χ0n) is 13.7. The van der Waals surface area contributed by atoms with Gasteiger partial charge in [0.25, 0.3) is 0 Å². The van der Waals surface area contributed by atoms with E-state index in [9.17, 15) is 14.3 Å². The van der Waals surface area contributed by atoms with Crippen LogP contribution in [0.1, 0.15) is 19.4 Å². The van der Waals surface area contributed by atoms with E-state index < -0.39 is 6.10 Å². The number of benzene rings is 1. The highest BCUT2D eigenvalue weighted by Crippen LogP contribution is 2.14. The molecule has 5 nitrogen and oxygen atoms in total. The highest BCUT2D eigenvalue weighted by Gasteiger charge is 2.33. The Balaban J connectivity index is 1.68. The van der Waals surface area contributed by atoms with Gasteiger partial charge in [-0.3, -0.25) is 9.69 Å². The van der Waals surface area contributed by atoms with E-state index in [-0.39, 0.29) is 30.5 Å². The zero-order valence-corrected chi connectivity index (χ0v) is 13.7. The predicted octanol–water partition coefficient (Wildman–Crippen LogP) is 0.954. The quantitative estimate of drug-likeness (QED) is 0.784. The Bertz CT molecular complexity index is 507. The summed E-state index contributed by atoms with van der Waals surface area (Å²) in [5.74, 6) is -0.340. The Hall–Kier alpha value is -1.50. The van der Waals surface area contributed by atoms with Crippen LogP contribution in [-0.2, 0) is 16.0 Å². The fraction of sp³-hybridized carbons (Fsp3) is 0.588. The second-order valence-corrected chi connectivity index (χ2v) is 6.21. The molecule has 1 aliphatic heterocycles. The molecule has 2 N–H and O–H groups in total. The van der Waals surface area contributed by atoms with E-state index in [0.29, 0.717) is 26.1 Å². The monoisotopic (exact) mass is 324 g/mol. The maximum absolute atomic E-state index is 12.8. The fourth-order valence-electron chi connectivity index (χ4n) is 2.70. The molecule has 0 unspecified atom stereocenters. The number of carbonyl (C=O) groups excluding carboxylic acids is 1. The van der Waals surface area contributed by atoms with Gasteiger partial charge in [-0.1, -0.05) is 12.1 Å². The van der Waals surface area contributed by atoms with Crippen molar-refractivity contribution in [1.29, 1.82) is 0 Å². The molecule has 0 aromatic heterocycles. The number of aliphatic hydroxyl groups excluding tert-OH is 1. The minimum absolute atomic E-state index is 0.0548. The minimum atomic E-state index is -0.551. The second-order valence-electron chi connectivity index (χ2n) is 6.21. The summed E-state index contributed by atoms with van der Waals surface area (Å²) in [5, 5.41) is 12.8. The highest BCUT2D eigenvalue weighted by atomic mass is 19.1. The summed E-state index contributed by atoms with van der Waals surface area (Å²) in [7, 11) is 0. The third-order valence-corrected chi connectivity index (χ3v) is 3.78. The molecule has 1 fully saturated rings. The highest BCUT2D eigenvalue weighted by molar-refractivity contribution is 5.78. The van der Waals surface area contributed by atoms with Gasteiger partial charge in [-0.25, -0.2) is 4.39 Å². The summed E-state index contributed by atoms with van der Waals surface area (Å²) < 4.78 is 18.4. The number of aliphatic hydroxyl groups is 1. The van der Waals surface area contributed by atoms with Crippen molar-refractivity contribution in [2.24, 2.45) is 0 Å². The molecule has 1 saturated heterocycles. The number of likely N-dealkylation sites (tertiary alicyclic amines) is 1. The number of ether oxygens (including phenoxy) is 1. The number of carbonyl (C=O) groups is 1. The molecule has 1 heterocycles. The fourth-order valence-corrected chi connectivity index (χ4v) is 2.70. The van der Waals surface area contributed by atoms with Gasteiger partial charge >= 0.3 is 0 Å². The molecule has 0 radical (unpaired) electrons. The molecular weight excluding hydrogens is 299 g/mol. The van der Waals surface area contributed by atoms with Crippen molar-refractivity contribution < 1.29 is 19.0 Å². The van der Waals surface area contributed by atoms with E-state index in [1.54, 1.807) is 12.1 Å². The van der Waals surface area contributed by atoms with Crippen molar-refractivity contribution in [3.8, 4) is 0 Å². The summed E-state index contributed by atoms with van der Waals surface area (Å²) in [5.41, 5.74) is 0.980. The van der Waals surface area contributed by atoms with Gasteiger partial charge < -0.3 is 15.2 Å². The van der Waals surface area contributed by atoms with Crippen molar-refractivity contribution in [2.45, 2.75) is 38.6 Å². The molecule has 0 spiro atoms. The number of rotatable bonds is 7. The molecule has 1 aromatic carbocycles. The van der Waals surface area contributed by atoms with Crippen LogP contribution in [0.4, 0.5) is 4.39 Å². The van der Waals surface area contributed by atoms with Gasteiger partial charge in [0.2, 0.25) is 5.91 Å². The number of nitrogens with one attached hydrogen (secondary N) is 1. The third-order valence-electron chi connectivity index (χ3n) is 3.78. The second kappa shape index (κ2) is 8.38. The lowest BCUT2D eigenvalue weighted by atomic mass is 10.1. The van der Waals surface area contributed by atoms with E-state index in [2.05, 4.69) is 5.32 Å². The SMILES string of the molecule is CC(C)O[C@H]1CN(CC(=O)NCCc2ccc(F)cc2)C[C@@H]1O. The van der Waals surface area contributed by atoms with Crippen LogP contribution in [0.3, 0.4) is 0 Å². The van der Waals surface area contributed by atoms with Crippen LogP contribution >= 0.6 is 0 Å². The normalized spacial score (nSPS) is 21.8. The lowest BCUT2D eigenvalue weighted by Gasteiger charge is -2.18. The standard InChI is InChI=1S/C17H25FN2O3/c1-12(2)23-16-10-20(9-15(16)21)11-17(22)19-8-7-13-3-5-14(18)6-4-13/h3-6,12,15-16,21H,7-11H2,1-2H3,(H,19,22)/t15-,16-/m0/s1. The van der Waals surface area contributed by atoms with Crippen molar-refractivity contribution in [3.05, 3.63) is 35.6 Å². The van der Waals surface area contributed by atoms with E-state index in [4.69, 9.17) is 4.74 Å². The average Bonchev–Trinajstić information content (AvgIpc) is 2.80. The van der Waals surface area contributed by atoms with Gasteiger partial charge in [-0.2, -0.15) is 0 Å². The average molecular weight is 324 g/mol. The number of nitrogens with zero attached hydrogens (tertiary/aromatic N) is 1. The van der Waals surface area contributed by atoms with Crippen LogP contribution in [0.2, 0.25) is 0 Å². The molecule has 2 rings (SSSR count). The minimum Gasteiger partial charge on any atom is -0.389 e. The molecule has 1 aliphatic rings. The first kappa shape index (κ1) is 17.8. The van der Waals surface area contributed by atoms with Crippen LogP contribution in [0, 0.1) is 5.82 Å². The number of hydrogen-bond acceptors (Lipinski definition) is 4. The van der Waals surface area contributed by atoms with Gasteiger partial charge in [-0.05, 0) is 38.0 Å². The maximum Gasteiger partial charge on any atom is 0.234 e. The van der Waals surface area contributed by atoms with Crippen molar-refractivity contribution in [1.82, 2.24) is 10.2 Å². The van der Waals surface area contributed by atoms with Gasteiger partial charge in [0.15, 0.2) is 0 Å². The van der Waals surface area contributed by atoms with Crippen LogP contribution in [0.5, 0.6) is 0 Å². The van der Waals surface area contributed by atoms with Crippen LogP contribution in [0.25, 0.3) is 0 Å². The Morgan fingerprint density at radius 1 is 1.39 bits per heavy atom. The molecule has 6 heteroatoms. The van der Waals surface area contributed by atoms with Crippen molar-refractivity contribution in [3.63, 3.8) is 0 Å². The van der Waals surface area contributed by atoms with Crippen LogP contribution in [-0.4, -0.2) is 60.4 Å². The summed E-state index contributed by atoms with van der Waals surface area (Å²) in [4.78, 5) is 13.8. The predicted molar refractivity (Wildman–Crippen MR) is 85.6 cm³/mol. The Morgan fingerprint density at radius 2 is 2.09 bits per heavy atom. The Morgan fingerprint density at radius 3 is 2.74 bits per heavy atom. The van der Waals surface area contributed by atoms with E-state index in [1.165, 1.54) is 12.1 Å². The molecule has 1 amide bonds. The first-order chi connectivity index (χ1) is 10.9. The number of hydrogen-bond donors (Lipinski definition) is 2. The number of halogens is 1. The first-order valence-electron chi connectivity index (χ1n) is 8.01. The summed E-state index contributed by atoms with van der Waals surface area (Å²) in [6.45, 7) is 5.62. The number of β-amino-alcohol motifs (C(OH)–C–C–N with tert-alkyl or cyclic N) is 1. The topological polar surface area (TPSA) is 61.8 Å². The van der Waals surface area contributed by atoms with E-state index >= 15 is 0 Å². The summed E-state index contributed by atoms with van der Waals surface area (Å²) in [6.07, 6.45) is -0.0705. The Labute approximate surface area is 136 Å². The molecule has 23 heavy (non-hydrogen) atoms. The van der Waals surface area contributed by atoms with Gasteiger partial charge in [-0.15, -0.1) is 0 Å². The lowest BCUT2D eigenvalue weighted by Crippen LogP contribution is -2.37. The van der Waals surface area contributed by atoms with E-state index in [1.807, 2.05) is 18.7 Å². The summed E-state index contributed by atoms with van der Waals surface area (Å²) in [6, 6.07) is 6.26. The zero-order chi connectivity index (χ0) is 16.8. The smallest absolute Gasteiger partial charge is 0.234 e. The first-order valence-corrected chi connectivity index (χ1v) is 8.01. The molecule has 1 aromatic rings. The third kappa shape index (κ3) is 5.89. The van der Waals surface area contributed by atoms with Gasteiger partial charge in [0.05, 0.1) is 24.9 Å². The van der Waals surface area contributed by atoms with E-state index in [0.717, 1.165) is 5.56 Å². The maximum atomic E-state index is 12.8. The van der Waals surface area contributed by atoms with Crippen molar-refractivity contribution in [2.75, 3.05) is 26.2 Å². The van der Waals surface area contributed by atoms with Gasteiger partial charge in [0, 0.05) is 19.6 Å².